The highest BCUT2D eigenvalue weighted by Crippen LogP contribution is 2.06. The zero-order valence-electron chi connectivity index (χ0n) is 9.27. The van der Waals surface area contributed by atoms with E-state index in [1.165, 1.54) is 6.20 Å². The van der Waals surface area contributed by atoms with Gasteiger partial charge in [-0.15, -0.1) is 0 Å². The number of hydrogen-bond acceptors (Lipinski definition) is 4. The number of nitrogens with zero attached hydrogens (tertiary/aromatic N) is 1. The van der Waals surface area contributed by atoms with Crippen LogP contribution in [0.2, 0.25) is 0 Å². The predicted octanol–water partition coefficient (Wildman–Crippen LogP) is -0.328. The van der Waals surface area contributed by atoms with Crippen LogP contribution >= 0.6 is 0 Å². The van der Waals surface area contributed by atoms with Gasteiger partial charge in [-0.2, -0.15) is 0 Å². The number of anilines is 1. The Morgan fingerprint density at radius 1 is 1.59 bits per heavy atom. The Bertz CT molecular complexity index is 430. The zero-order valence-corrected chi connectivity index (χ0v) is 9.27. The van der Waals surface area contributed by atoms with Crippen LogP contribution in [0, 0.1) is 0 Å². The third-order valence-electron chi connectivity index (χ3n) is 2.64. The lowest BCUT2D eigenvalue weighted by Crippen LogP contribution is -2.38. The maximum atomic E-state index is 11.7. The molecule has 17 heavy (non-hydrogen) atoms. The molecule has 1 aliphatic heterocycles. The quantitative estimate of drug-likeness (QED) is 0.667. The summed E-state index contributed by atoms with van der Waals surface area (Å²) in [6.45, 7) is 0.439. The molecule has 6 heteroatoms. The van der Waals surface area contributed by atoms with Crippen molar-refractivity contribution in [3.63, 3.8) is 0 Å². The molecule has 2 amide bonds. The minimum atomic E-state index is -0.210. The van der Waals surface area contributed by atoms with E-state index in [0.717, 1.165) is 6.42 Å². The third-order valence-corrected chi connectivity index (χ3v) is 2.64. The predicted molar refractivity (Wildman–Crippen MR) is 62.1 cm³/mol. The first-order valence-electron chi connectivity index (χ1n) is 5.44. The number of nitrogen functional groups attached to an aromatic ring is 1. The number of pyridine rings is 1. The van der Waals surface area contributed by atoms with Crippen molar-refractivity contribution in [2.45, 2.75) is 18.9 Å². The van der Waals surface area contributed by atoms with Crippen LogP contribution in [0.5, 0.6) is 0 Å². The molecule has 2 heterocycles. The summed E-state index contributed by atoms with van der Waals surface area (Å²) < 4.78 is 0. The smallest absolute Gasteiger partial charge is 0.252 e. The Labute approximate surface area is 98.6 Å². The van der Waals surface area contributed by atoms with E-state index in [0.29, 0.717) is 24.3 Å². The summed E-state index contributed by atoms with van der Waals surface area (Å²) in [5.74, 6) is 0.210. The van der Waals surface area contributed by atoms with Crippen LogP contribution in [0.4, 0.5) is 5.82 Å². The Kier molecular flexibility index (Phi) is 3.22. The average molecular weight is 234 g/mol. The minimum absolute atomic E-state index is 0.0354. The molecule has 1 atom stereocenters. The van der Waals surface area contributed by atoms with Crippen molar-refractivity contribution < 1.29 is 9.59 Å². The Morgan fingerprint density at radius 3 is 3.00 bits per heavy atom. The molecule has 1 unspecified atom stereocenters. The molecule has 90 valence electrons. The number of carbonyl (C=O) groups is 2. The molecule has 1 fully saturated rings. The number of carbonyl (C=O) groups excluding carboxylic acids is 2. The van der Waals surface area contributed by atoms with Gasteiger partial charge in [0.05, 0.1) is 5.56 Å². The average Bonchev–Trinajstić information content (AvgIpc) is 2.73. The van der Waals surface area contributed by atoms with E-state index in [1.54, 1.807) is 12.1 Å². The molecule has 6 nitrogen and oxygen atoms in total. The van der Waals surface area contributed by atoms with Gasteiger partial charge in [-0.25, -0.2) is 4.98 Å². The molecule has 0 radical (unpaired) electrons. The van der Waals surface area contributed by atoms with Gasteiger partial charge in [0.15, 0.2) is 0 Å². The summed E-state index contributed by atoms with van der Waals surface area (Å²) in [7, 11) is 0. The van der Waals surface area contributed by atoms with Gasteiger partial charge in [0, 0.05) is 25.2 Å². The molecule has 1 saturated heterocycles. The van der Waals surface area contributed by atoms with Crippen molar-refractivity contribution in [2.24, 2.45) is 0 Å². The SMILES string of the molecule is Nc1ccc(C(=O)NCC2CCC(=O)N2)cn1. The molecule has 0 bridgehead atoms. The molecule has 4 N–H and O–H groups in total. The Morgan fingerprint density at radius 2 is 2.41 bits per heavy atom. The van der Waals surface area contributed by atoms with Gasteiger partial charge < -0.3 is 16.4 Å². The van der Waals surface area contributed by atoms with Gasteiger partial charge in [-0.1, -0.05) is 0 Å². The Hall–Kier alpha value is -2.11. The number of nitrogens with two attached hydrogens (primary N) is 1. The normalized spacial score (nSPS) is 18.8. The summed E-state index contributed by atoms with van der Waals surface area (Å²) >= 11 is 0. The van der Waals surface area contributed by atoms with Crippen LogP contribution < -0.4 is 16.4 Å². The number of rotatable bonds is 3. The summed E-state index contributed by atoms with van der Waals surface area (Å²) in [5.41, 5.74) is 5.89. The lowest BCUT2D eigenvalue weighted by atomic mass is 10.2. The second kappa shape index (κ2) is 4.82. The van der Waals surface area contributed by atoms with E-state index in [9.17, 15) is 9.59 Å². The fourth-order valence-corrected chi connectivity index (χ4v) is 1.69. The first-order valence-corrected chi connectivity index (χ1v) is 5.44. The molecular formula is C11H14N4O2. The van der Waals surface area contributed by atoms with Gasteiger partial charge in [-0.3, -0.25) is 9.59 Å². The molecule has 0 aromatic carbocycles. The number of aromatic nitrogens is 1. The minimum Gasteiger partial charge on any atom is -0.384 e. The van der Waals surface area contributed by atoms with Crippen LogP contribution in [0.1, 0.15) is 23.2 Å². The largest absolute Gasteiger partial charge is 0.384 e. The lowest BCUT2D eigenvalue weighted by molar-refractivity contribution is -0.119. The van der Waals surface area contributed by atoms with E-state index in [2.05, 4.69) is 15.6 Å². The van der Waals surface area contributed by atoms with E-state index in [4.69, 9.17) is 5.73 Å². The topological polar surface area (TPSA) is 97.1 Å². The molecular weight excluding hydrogens is 220 g/mol. The van der Waals surface area contributed by atoms with Crippen LogP contribution in [0.3, 0.4) is 0 Å². The Balaban J connectivity index is 1.85. The van der Waals surface area contributed by atoms with Gasteiger partial charge >= 0.3 is 0 Å². The summed E-state index contributed by atoms with van der Waals surface area (Å²) in [5, 5.41) is 5.53. The highest BCUT2D eigenvalue weighted by Gasteiger charge is 2.21. The fraction of sp³-hybridized carbons (Fsp3) is 0.364. The van der Waals surface area contributed by atoms with Gasteiger partial charge in [0.2, 0.25) is 5.91 Å². The molecule has 0 saturated carbocycles. The maximum absolute atomic E-state index is 11.7. The highest BCUT2D eigenvalue weighted by atomic mass is 16.2. The first kappa shape index (κ1) is 11.4. The van der Waals surface area contributed by atoms with Crippen molar-refractivity contribution in [1.29, 1.82) is 0 Å². The second-order valence-corrected chi connectivity index (χ2v) is 3.98. The first-order chi connectivity index (χ1) is 8.15. The maximum Gasteiger partial charge on any atom is 0.252 e. The zero-order chi connectivity index (χ0) is 12.3. The van der Waals surface area contributed by atoms with Gasteiger partial charge in [0.1, 0.15) is 5.82 Å². The molecule has 1 aromatic heterocycles. The van der Waals surface area contributed by atoms with E-state index < -0.39 is 0 Å². The second-order valence-electron chi connectivity index (χ2n) is 3.98. The van der Waals surface area contributed by atoms with Crippen molar-refractivity contribution >= 4 is 17.6 Å². The third kappa shape index (κ3) is 2.93. The van der Waals surface area contributed by atoms with Crippen LogP contribution in [0.25, 0.3) is 0 Å². The van der Waals surface area contributed by atoms with E-state index in [1.807, 2.05) is 0 Å². The van der Waals surface area contributed by atoms with Gasteiger partial charge in [0.25, 0.3) is 5.91 Å². The summed E-state index contributed by atoms with van der Waals surface area (Å²) in [6.07, 6.45) is 2.72. The highest BCUT2D eigenvalue weighted by molar-refractivity contribution is 5.94. The summed E-state index contributed by atoms with van der Waals surface area (Å²) in [4.78, 5) is 26.5. The number of amides is 2. The van der Waals surface area contributed by atoms with Gasteiger partial charge in [-0.05, 0) is 18.6 Å². The van der Waals surface area contributed by atoms with E-state index >= 15 is 0 Å². The van der Waals surface area contributed by atoms with Crippen molar-refractivity contribution in [3.8, 4) is 0 Å². The van der Waals surface area contributed by atoms with Crippen LogP contribution in [0.15, 0.2) is 18.3 Å². The lowest BCUT2D eigenvalue weighted by Gasteiger charge is -2.11. The van der Waals surface area contributed by atoms with Crippen molar-refractivity contribution in [1.82, 2.24) is 15.6 Å². The molecule has 1 aromatic rings. The number of hydrogen-bond donors (Lipinski definition) is 3. The van der Waals surface area contributed by atoms with Crippen molar-refractivity contribution in [3.05, 3.63) is 23.9 Å². The molecule has 0 aliphatic carbocycles. The van der Waals surface area contributed by atoms with Crippen LogP contribution in [-0.2, 0) is 4.79 Å². The summed E-state index contributed by atoms with van der Waals surface area (Å²) in [6, 6.07) is 3.23. The molecule has 0 spiro atoms. The van der Waals surface area contributed by atoms with Crippen molar-refractivity contribution in [2.75, 3.05) is 12.3 Å². The fourth-order valence-electron chi connectivity index (χ4n) is 1.69. The molecule has 1 aliphatic rings. The number of nitrogens with one attached hydrogen (secondary N) is 2. The monoisotopic (exact) mass is 234 g/mol. The van der Waals surface area contributed by atoms with Crippen LogP contribution in [-0.4, -0.2) is 29.4 Å². The standard InChI is InChI=1S/C11H14N4O2/c12-9-3-1-7(5-13-9)11(17)14-6-8-2-4-10(16)15-8/h1,3,5,8H,2,4,6H2,(H2,12,13)(H,14,17)(H,15,16). The van der Waals surface area contributed by atoms with E-state index in [-0.39, 0.29) is 17.9 Å². The molecule has 2 rings (SSSR count).